The molecule has 4 heteroatoms. The molecule has 2 heterocycles. The minimum Gasteiger partial charge on any atom is -0.512 e. The van der Waals surface area contributed by atoms with Crippen molar-refractivity contribution in [1.82, 2.24) is 4.90 Å². The van der Waals surface area contributed by atoms with Crippen molar-refractivity contribution < 1.29 is 14.6 Å². The van der Waals surface area contributed by atoms with E-state index in [2.05, 4.69) is 23.1 Å². The summed E-state index contributed by atoms with van der Waals surface area (Å²) in [6.07, 6.45) is 1.44. The number of carbonyl (C=O) groups is 1. The molecule has 25 heavy (non-hydrogen) atoms. The third-order valence-corrected chi connectivity index (χ3v) is 5.08. The molecule has 128 valence electrons. The van der Waals surface area contributed by atoms with E-state index in [1.165, 1.54) is 11.1 Å². The highest BCUT2D eigenvalue weighted by molar-refractivity contribution is 5.89. The number of fused-ring (bicyclic) bond motifs is 3. The normalized spacial score (nSPS) is 19.9. The van der Waals surface area contributed by atoms with Crippen LogP contribution in [0.25, 0.3) is 0 Å². The van der Waals surface area contributed by atoms with Crippen molar-refractivity contribution in [2.45, 2.75) is 25.5 Å². The molecule has 2 aromatic rings. The SMILES string of the molecule is O=C(OCc1ccccc1)C1=C(O)C[C@@H]2c3ccccc3CCN2C1. The number of esters is 1. The Balaban J connectivity index is 1.49. The van der Waals surface area contributed by atoms with Crippen LogP contribution in [-0.4, -0.2) is 29.1 Å². The molecule has 1 N–H and O–H groups in total. The molecule has 4 rings (SSSR count). The molecular formula is C21H21NO3. The van der Waals surface area contributed by atoms with Crippen molar-refractivity contribution in [1.29, 1.82) is 0 Å². The van der Waals surface area contributed by atoms with Gasteiger partial charge in [-0.25, -0.2) is 4.79 Å². The second-order valence-electron chi connectivity index (χ2n) is 6.63. The van der Waals surface area contributed by atoms with Crippen molar-refractivity contribution in [3.05, 3.63) is 82.6 Å². The predicted octanol–water partition coefficient (Wildman–Crippen LogP) is 3.55. The summed E-state index contributed by atoms with van der Waals surface area (Å²) >= 11 is 0. The number of ether oxygens (including phenoxy) is 1. The minimum atomic E-state index is -0.418. The largest absolute Gasteiger partial charge is 0.512 e. The van der Waals surface area contributed by atoms with Gasteiger partial charge in [0.05, 0.1) is 5.57 Å². The first-order valence-corrected chi connectivity index (χ1v) is 8.66. The quantitative estimate of drug-likeness (QED) is 0.872. The van der Waals surface area contributed by atoms with Gasteiger partial charge in [0.15, 0.2) is 0 Å². The van der Waals surface area contributed by atoms with Crippen molar-refractivity contribution in [3.8, 4) is 0 Å². The van der Waals surface area contributed by atoms with Crippen LogP contribution in [0.3, 0.4) is 0 Å². The first-order valence-electron chi connectivity index (χ1n) is 8.66. The fourth-order valence-electron chi connectivity index (χ4n) is 3.73. The number of hydrogen-bond donors (Lipinski definition) is 1. The summed E-state index contributed by atoms with van der Waals surface area (Å²) in [5.41, 5.74) is 3.94. The van der Waals surface area contributed by atoms with E-state index in [0.717, 1.165) is 18.5 Å². The molecule has 0 spiro atoms. The molecule has 0 radical (unpaired) electrons. The summed E-state index contributed by atoms with van der Waals surface area (Å²) < 4.78 is 5.40. The van der Waals surface area contributed by atoms with Gasteiger partial charge < -0.3 is 9.84 Å². The van der Waals surface area contributed by atoms with Crippen LogP contribution in [0.2, 0.25) is 0 Å². The lowest BCUT2D eigenvalue weighted by atomic mass is 9.87. The van der Waals surface area contributed by atoms with Crippen LogP contribution in [0.5, 0.6) is 0 Å². The fraction of sp³-hybridized carbons (Fsp3) is 0.286. The number of aliphatic hydroxyl groups excluding tert-OH is 1. The highest BCUT2D eigenvalue weighted by atomic mass is 16.5. The minimum absolute atomic E-state index is 0.149. The summed E-state index contributed by atoms with van der Waals surface area (Å²) in [5, 5.41) is 10.5. The third kappa shape index (κ3) is 3.17. The van der Waals surface area contributed by atoms with Crippen molar-refractivity contribution in [2.24, 2.45) is 0 Å². The first-order chi connectivity index (χ1) is 12.2. The molecule has 2 aromatic carbocycles. The molecule has 1 atom stereocenters. The summed E-state index contributed by atoms with van der Waals surface area (Å²) in [4.78, 5) is 14.7. The predicted molar refractivity (Wildman–Crippen MR) is 95.0 cm³/mol. The molecule has 0 bridgehead atoms. The maximum atomic E-state index is 12.4. The second-order valence-corrected chi connectivity index (χ2v) is 6.63. The van der Waals surface area contributed by atoms with E-state index in [-0.39, 0.29) is 18.4 Å². The van der Waals surface area contributed by atoms with Gasteiger partial charge in [-0.2, -0.15) is 0 Å². The smallest absolute Gasteiger partial charge is 0.339 e. The Morgan fingerprint density at radius 1 is 1.12 bits per heavy atom. The Morgan fingerprint density at radius 3 is 2.72 bits per heavy atom. The molecule has 4 nitrogen and oxygen atoms in total. The summed E-state index contributed by atoms with van der Waals surface area (Å²) in [5.74, 6) is -0.255. The van der Waals surface area contributed by atoms with E-state index >= 15 is 0 Å². The number of benzene rings is 2. The summed E-state index contributed by atoms with van der Waals surface area (Å²) in [7, 11) is 0. The van der Waals surface area contributed by atoms with E-state index in [4.69, 9.17) is 4.74 Å². The molecular weight excluding hydrogens is 314 g/mol. The van der Waals surface area contributed by atoms with E-state index in [1.807, 2.05) is 36.4 Å². The van der Waals surface area contributed by atoms with Gasteiger partial charge in [-0.15, -0.1) is 0 Å². The highest BCUT2D eigenvalue weighted by Crippen LogP contribution is 2.38. The maximum absolute atomic E-state index is 12.4. The second kappa shape index (κ2) is 6.73. The van der Waals surface area contributed by atoms with Crippen LogP contribution in [0.1, 0.15) is 29.2 Å². The third-order valence-electron chi connectivity index (χ3n) is 5.08. The molecule has 0 amide bonds. The van der Waals surface area contributed by atoms with Gasteiger partial charge in [0.25, 0.3) is 0 Å². The van der Waals surface area contributed by atoms with Gasteiger partial charge in [-0.3, -0.25) is 4.90 Å². The van der Waals surface area contributed by atoms with Crippen LogP contribution >= 0.6 is 0 Å². The zero-order chi connectivity index (χ0) is 17.2. The van der Waals surface area contributed by atoms with E-state index in [9.17, 15) is 9.90 Å². The Kier molecular flexibility index (Phi) is 4.28. The zero-order valence-electron chi connectivity index (χ0n) is 14.0. The number of hydrogen-bond acceptors (Lipinski definition) is 4. The van der Waals surface area contributed by atoms with Crippen LogP contribution in [-0.2, 0) is 22.6 Å². The summed E-state index contributed by atoms with van der Waals surface area (Å²) in [6, 6.07) is 18.1. The maximum Gasteiger partial charge on any atom is 0.339 e. The molecule has 2 aliphatic heterocycles. The van der Waals surface area contributed by atoms with Gasteiger partial charge in [0.1, 0.15) is 12.4 Å². The van der Waals surface area contributed by atoms with Crippen LogP contribution in [0.15, 0.2) is 65.9 Å². The molecule has 0 aromatic heterocycles. The van der Waals surface area contributed by atoms with Crippen LogP contribution in [0, 0.1) is 0 Å². The van der Waals surface area contributed by atoms with Crippen molar-refractivity contribution in [2.75, 3.05) is 13.1 Å². The van der Waals surface area contributed by atoms with Crippen LogP contribution in [0.4, 0.5) is 0 Å². The Hall–Kier alpha value is -2.59. The van der Waals surface area contributed by atoms with Crippen LogP contribution < -0.4 is 0 Å². The molecule has 0 unspecified atom stereocenters. The molecule has 0 saturated carbocycles. The van der Waals surface area contributed by atoms with Gasteiger partial charge >= 0.3 is 5.97 Å². The molecule has 2 aliphatic rings. The van der Waals surface area contributed by atoms with Crippen molar-refractivity contribution in [3.63, 3.8) is 0 Å². The Labute approximate surface area is 147 Å². The van der Waals surface area contributed by atoms with E-state index in [1.54, 1.807) is 0 Å². The Morgan fingerprint density at radius 2 is 1.88 bits per heavy atom. The zero-order valence-corrected chi connectivity index (χ0v) is 14.0. The monoisotopic (exact) mass is 335 g/mol. The highest BCUT2D eigenvalue weighted by Gasteiger charge is 2.35. The van der Waals surface area contributed by atoms with Gasteiger partial charge in [0, 0.05) is 25.6 Å². The van der Waals surface area contributed by atoms with Gasteiger partial charge in [-0.1, -0.05) is 54.6 Å². The number of nitrogens with zero attached hydrogens (tertiary/aromatic N) is 1. The topological polar surface area (TPSA) is 49.8 Å². The summed E-state index contributed by atoms with van der Waals surface area (Å²) in [6.45, 7) is 1.56. The number of rotatable bonds is 3. The molecule has 0 saturated heterocycles. The lowest BCUT2D eigenvalue weighted by molar-refractivity contribution is -0.141. The first kappa shape index (κ1) is 15.9. The van der Waals surface area contributed by atoms with Crippen molar-refractivity contribution >= 4 is 5.97 Å². The Bertz CT molecular complexity index is 813. The van der Waals surface area contributed by atoms with E-state index < -0.39 is 5.97 Å². The average molecular weight is 335 g/mol. The van der Waals surface area contributed by atoms with Gasteiger partial charge in [0.2, 0.25) is 0 Å². The fourth-order valence-corrected chi connectivity index (χ4v) is 3.73. The number of aliphatic hydroxyl groups is 1. The lowest BCUT2D eigenvalue weighted by Crippen LogP contribution is -2.41. The van der Waals surface area contributed by atoms with E-state index in [0.29, 0.717) is 18.5 Å². The average Bonchev–Trinajstić information content (AvgIpc) is 2.66. The number of carbonyl (C=O) groups excluding carboxylic acids is 1. The molecule has 0 aliphatic carbocycles. The lowest BCUT2D eigenvalue weighted by Gasteiger charge is -2.40. The standard InChI is InChI=1S/C21H21NO3/c23-20-12-19-17-9-5-4-8-16(17)10-11-22(19)13-18(20)21(24)25-14-15-6-2-1-3-7-15/h1-9,19,23H,10-14H2/t19-/m1/s1. The van der Waals surface area contributed by atoms with Gasteiger partial charge in [-0.05, 0) is 23.1 Å². The molecule has 0 fully saturated rings.